The maximum atomic E-state index is 13.6. The number of aliphatic imine (C=N–C) groups is 1. The summed E-state index contributed by atoms with van der Waals surface area (Å²) in [6.45, 7) is 2.76. The van der Waals surface area contributed by atoms with Crippen molar-refractivity contribution in [2.45, 2.75) is 25.8 Å². The summed E-state index contributed by atoms with van der Waals surface area (Å²) in [5.41, 5.74) is 3.94. The number of nitrogens with zero attached hydrogens (tertiary/aromatic N) is 3. The van der Waals surface area contributed by atoms with Crippen molar-refractivity contribution in [3.05, 3.63) is 94.8 Å². The predicted molar refractivity (Wildman–Crippen MR) is 144 cm³/mol. The van der Waals surface area contributed by atoms with Crippen molar-refractivity contribution < 1.29 is 34.7 Å². The molecule has 206 valence electrons. The lowest BCUT2D eigenvalue weighted by Crippen LogP contribution is -2.86. The molecule has 3 aromatic rings. The average molecular weight is 544 g/mol. The molecule has 0 bridgehead atoms. The number of hydrogen-bond donors (Lipinski definition) is 3. The number of nitrogens with two attached hydrogens (primary N) is 1. The summed E-state index contributed by atoms with van der Waals surface area (Å²) < 4.78 is 0. The zero-order chi connectivity index (χ0) is 28.6. The van der Waals surface area contributed by atoms with Gasteiger partial charge >= 0.3 is 5.97 Å². The quantitative estimate of drug-likeness (QED) is 0.378. The molecule has 4 N–H and O–H groups in total. The van der Waals surface area contributed by atoms with Crippen molar-refractivity contribution in [1.82, 2.24) is 10.3 Å². The molecule has 3 heterocycles. The molecule has 0 aliphatic carbocycles. The standard InChI is InChI=1S/C27H25N5O4.C2H4O2/c33-24(31-15-17-9-10-22(30-14-17)26-28-11-12-29-26)16-32-23-8-4-3-6-19(23)21(13-25(34)35)18-5-1-2-7-20(18)27(32)36;1-2(3)4/h1-10,14,21H,11-13,15-16H2,(H,28,29)(H,31,33)(H,34,35);1H3,(H,3,4). The minimum atomic E-state index is -1.08. The molecular formula is C29H29N5O6. The zero-order valence-electron chi connectivity index (χ0n) is 21.9. The molecule has 1 unspecified atom stereocenters. The highest BCUT2D eigenvalue weighted by atomic mass is 16.4. The van der Waals surface area contributed by atoms with Gasteiger partial charge in [-0.1, -0.05) is 42.5 Å². The number of rotatable bonds is 7. The lowest BCUT2D eigenvalue weighted by Gasteiger charge is -2.23. The van der Waals surface area contributed by atoms with Crippen molar-refractivity contribution in [1.29, 1.82) is 0 Å². The average Bonchev–Trinajstić information content (AvgIpc) is 3.46. The number of amidine groups is 1. The van der Waals surface area contributed by atoms with Crippen LogP contribution in [0.4, 0.5) is 5.69 Å². The smallest absolute Gasteiger partial charge is 0.304 e. The highest BCUT2D eigenvalue weighted by molar-refractivity contribution is 6.11. The van der Waals surface area contributed by atoms with E-state index in [0.717, 1.165) is 37.1 Å². The Morgan fingerprint density at radius 2 is 1.77 bits per heavy atom. The number of quaternary nitrogens is 1. The summed E-state index contributed by atoms with van der Waals surface area (Å²) in [5, 5.41) is 23.4. The van der Waals surface area contributed by atoms with Crippen LogP contribution in [0, 0.1) is 0 Å². The van der Waals surface area contributed by atoms with Crippen molar-refractivity contribution in [3.8, 4) is 0 Å². The number of carboxylic acids is 2. The molecule has 40 heavy (non-hydrogen) atoms. The predicted octanol–water partition coefficient (Wildman–Crippen LogP) is 0.0446. The van der Waals surface area contributed by atoms with E-state index in [9.17, 15) is 19.5 Å². The van der Waals surface area contributed by atoms with Gasteiger partial charge in [-0.15, -0.1) is 0 Å². The molecule has 1 atom stereocenters. The van der Waals surface area contributed by atoms with Crippen LogP contribution in [0.3, 0.4) is 0 Å². The van der Waals surface area contributed by atoms with Crippen LogP contribution in [-0.4, -0.2) is 59.3 Å². The summed E-state index contributed by atoms with van der Waals surface area (Å²) in [7, 11) is 0. The van der Waals surface area contributed by atoms with Crippen LogP contribution in [0.25, 0.3) is 0 Å². The number of nitrogens with one attached hydrogen (secondary N) is 1. The number of carbonyl (C=O) groups excluding carboxylic acids is 3. The Kier molecular flexibility index (Phi) is 8.97. The second-order valence-electron chi connectivity index (χ2n) is 9.27. The number of aromatic nitrogens is 1. The first-order valence-electron chi connectivity index (χ1n) is 12.7. The number of carbonyl (C=O) groups is 4. The minimum absolute atomic E-state index is 0.158. The number of benzene rings is 2. The molecule has 1 aromatic heterocycles. The third-order valence-electron chi connectivity index (χ3n) is 6.42. The SMILES string of the molecule is CC(=O)[O-].O=C(O)CC1c2ccccc2C(=O)N(CC(=O)NCc2ccc(C3=NCC[NH2+]3)nc2)c2ccccc21. The summed E-state index contributed by atoms with van der Waals surface area (Å²) in [5.74, 6) is -2.31. The molecule has 2 aliphatic heterocycles. The zero-order valence-corrected chi connectivity index (χ0v) is 21.9. The summed E-state index contributed by atoms with van der Waals surface area (Å²) in [4.78, 5) is 57.4. The van der Waals surface area contributed by atoms with E-state index in [1.54, 1.807) is 42.6 Å². The van der Waals surface area contributed by atoms with E-state index in [1.165, 1.54) is 4.90 Å². The lowest BCUT2D eigenvalue weighted by atomic mass is 9.86. The Balaban J connectivity index is 0.000000867. The third-order valence-corrected chi connectivity index (χ3v) is 6.42. The fourth-order valence-electron chi connectivity index (χ4n) is 4.71. The van der Waals surface area contributed by atoms with E-state index in [0.29, 0.717) is 22.4 Å². The highest BCUT2D eigenvalue weighted by Crippen LogP contribution is 2.40. The normalized spacial score (nSPS) is 15.5. The van der Waals surface area contributed by atoms with Crippen molar-refractivity contribution >= 4 is 35.3 Å². The molecule has 0 radical (unpaired) electrons. The first kappa shape index (κ1) is 28.1. The molecule has 0 fully saturated rings. The van der Waals surface area contributed by atoms with Gasteiger partial charge in [0, 0.05) is 35.9 Å². The lowest BCUT2D eigenvalue weighted by molar-refractivity contribution is -0.527. The van der Waals surface area contributed by atoms with E-state index in [1.807, 2.05) is 24.3 Å². The van der Waals surface area contributed by atoms with Crippen molar-refractivity contribution in [2.75, 3.05) is 24.5 Å². The molecule has 0 saturated heterocycles. The van der Waals surface area contributed by atoms with E-state index >= 15 is 0 Å². The monoisotopic (exact) mass is 543 g/mol. The van der Waals surface area contributed by atoms with Gasteiger partial charge in [-0.05, 0) is 41.8 Å². The molecule has 0 saturated carbocycles. The van der Waals surface area contributed by atoms with Gasteiger partial charge in [0.2, 0.25) is 11.7 Å². The topological polar surface area (TPSA) is 169 Å². The van der Waals surface area contributed by atoms with Crippen molar-refractivity contribution in [2.24, 2.45) is 4.99 Å². The van der Waals surface area contributed by atoms with Crippen LogP contribution in [0.15, 0.2) is 71.9 Å². The van der Waals surface area contributed by atoms with Crippen LogP contribution in [0.5, 0.6) is 0 Å². The highest BCUT2D eigenvalue weighted by Gasteiger charge is 2.34. The van der Waals surface area contributed by atoms with E-state index in [4.69, 9.17) is 9.90 Å². The molecule has 11 nitrogen and oxygen atoms in total. The Morgan fingerprint density at radius 3 is 2.42 bits per heavy atom. The number of amides is 2. The van der Waals surface area contributed by atoms with Gasteiger partial charge in [-0.25, -0.2) is 9.98 Å². The van der Waals surface area contributed by atoms with Crippen LogP contribution in [-0.2, 0) is 20.9 Å². The van der Waals surface area contributed by atoms with Gasteiger partial charge in [-0.2, -0.15) is 0 Å². The molecular weight excluding hydrogens is 514 g/mol. The van der Waals surface area contributed by atoms with Gasteiger partial charge in [0.15, 0.2) is 0 Å². The van der Waals surface area contributed by atoms with Gasteiger partial charge in [-0.3, -0.25) is 24.6 Å². The first-order valence-corrected chi connectivity index (χ1v) is 12.7. The number of carboxylic acid groups (broad SMARTS) is 2. The van der Waals surface area contributed by atoms with E-state index in [2.05, 4.69) is 20.6 Å². The Hall–Kier alpha value is -4.90. The molecule has 5 rings (SSSR count). The first-order chi connectivity index (χ1) is 19.2. The van der Waals surface area contributed by atoms with Crippen molar-refractivity contribution in [3.63, 3.8) is 0 Å². The molecule has 11 heteroatoms. The second kappa shape index (κ2) is 12.8. The Bertz CT molecular complexity index is 1450. The number of fused-ring (bicyclic) bond motifs is 2. The molecule has 0 spiro atoms. The number of para-hydroxylation sites is 1. The minimum Gasteiger partial charge on any atom is -0.550 e. The Labute approximate surface area is 230 Å². The second-order valence-corrected chi connectivity index (χ2v) is 9.27. The summed E-state index contributed by atoms with van der Waals surface area (Å²) >= 11 is 0. The molecule has 2 aromatic carbocycles. The number of aliphatic carboxylic acids is 2. The fourth-order valence-corrected chi connectivity index (χ4v) is 4.71. The number of hydrogen-bond acceptors (Lipinski definition) is 7. The number of pyridine rings is 1. The van der Waals surface area contributed by atoms with Crippen LogP contribution >= 0.6 is 0 Å². The van der Waals surface area contributed by atoms with Gasteiger partial charge in [0.05, 0.1) is 13.0 Å². The summed E-state index contributed by atoms with van der Waals surface area (Å²) in [6, 6.07) is 18.0. The number of anilines is 1. The largest absolute Gasteiger partial charge is 0.550 e. The summed E-state index contributed by atoms with van der Waals surface area (Å²) in [6.07, 6.45) is 1.55. The van der Waals surface area contributed by atoms with Crippen LogP contribution in [0.1, 0.15) is 52.0 Å². The van der Waals surface area contributed by atoms with Crippen LogP contribution < -0.4 is 20.6 Å². The fraction of sp³-hybridized carbons (Fsp3) is 0.241. The maximum absolute atomic E-state index is 13.6. The van der Waals surface area contributed by atoms with E-state index in [-0.39, 0.29) is 31.3 Å². The Morgan fingerprint density at radius 1 is 1.07 bits per heavy atom. The van der Waals surface area contributed by atoms with Gasteiger partial charge in [0.25, 0.3) is 5.91 Å². The van der Waals surface area contributed by atoms with E-state index < -0.39 is 17.9 Å². The van der Waals surface area contributed by atoms with Crippen LogP contribution in [0.2, 0.25) is 0 Å². The maximum Gasteiger partial charge on any atom is 0.304 e. The molecule has 2 aliphatic rings. The van der Waals surface area contributed by atoms with Gasteiger partial charge < -0.3 is 20.3 Å². The molecule has 2 amide bonds. The third kappa shape index (κ3) is 6.75. The van der Waals surface area contributed by atoms with Gasteiger partial charge in [0.1, 0.15) is 18.8 Å².